The Kier molecular flexibility index (Phi) is 4.18. The minimum Gasteiger partial charge on any atom is -0.346 e. The molecule has 1 saturated heterocycles. The first-order chi connectivity index (χ1) is 14.3. The van der Waals surface area contributed by atoms with Crippen LogP contribution in [0.5, 0.6) is 0 Å². The van der Waals surface area contributed by atoms with Crippen molar-refractivity contribution < 1.29 is 9.59 Å². The van der Waals surface area contributed by atoms with Crippen LogP contribution < -0.4 is 5.32 Å². The number of nitrogens with one attached hydrogen (secondary N) is 2. The highest BCUT2D eigenvalue weighted by Crippen LogP contribution is 2.36. The molecule has 0 bridgehead atoms. The van der Waals surface area contributed by atoms with Gasteiger partial charge in [0.05, 0.1) is 11.1 Å². The molecule has 1 aromatic carbocycles. The van der Waals surface area contributed by atoms with Gasteiger partial charge in [0.1, 0.15) is 5.65 Å². The summed E-state index contributed by atoms with van der Waals surface area (Å²) >= 11 is 0. The third-order valence-corrected chi connectivity index (χ3v) is 6.24. The quantitative estimate of drug-likeness (QED) is 0.689. The molecule has 0 unspecified atom stereocenters. The number of aromatic amines is 1. The Bertz CT molecular complexity index is 1170. The molecule has 0 spiro atoms. The van der Waals surface area contributed by atoms with Gasteiger partial charge in [0.15, 0.2) is 0 Å². The normalized spacial score (nSPS) is 18.5. The zero-order chi connectivity index (χ0) is 21.0. The van der Waals surface area contributed by atoms with E-state index in [1.165, 1.54) is 0 Å². The maximum atomic E-state index is 13.0. The highest BCUT2D eigenvalue weighted by atomic mass is 16.2. The summed E-state index contributed by atoms with van der Waals surface area (Å²) in [6, 6.07) is 7.82. The molecule has 2 N–H and O–H groups in total. The number of hydrogen-bond donors (Lipinski definition) is 2. The van der Waals surface area contributed by atoms with Crippen LogP contribution in [0.15, 0.2) is 36.7 Å². The SMILES string of the molecule is CN1CCN(C(=O)c2cnc3[nH]cc(-c4ccc5c(c4)C(C)(C)NC5=O)c3c2)CC1. The molecule has 2 aliphatic heterocycles. The van der Waals surface area contributed by atoms with Gasteiger partial charge in [0.25, 0.3) is 11.8 Å². The van der Waals surface area contributed by atoms with Crippen LogP contribution in [0.1, 0.15) is 40.1 Å². The summed E-state index contributed by atoms with van der Waals surface area (Å²) in [6.45, 7) is 7.24. The summed E-state index contributed by atoms with van der Waals surface area (Å²) in [5.74, 6) is -0.0169. The average Bonchev–Trinajstić information content (AvgIpc) is 3.25. The second-order valence-corrected chi connectivity index (χ2v) is 8.76. The molecule has 7 nitrogen and oxygen atoms in total. The van der Waals surface area contributed by atoms with Crippen molar-refractivity contribution in [3.63, 3.8) is 0 Å². The zero-order valence-corrected chi connectivity index (χ0v) is 17.5. The number of amides is 2. The van der Waals surface area contributed by atoms with Crippen molar-refractivity contribution in [3.8, 4) is 11.1 Å². The van der Waals surface area contributed by atoms with Crippen LogP contribution >= 0.6 is 0 Å². The van der Waals surface area contributed by atoms with Crippen molar-refractivity contribution in [1.82, 2.24) is 25.1 Å². The molecule has 2 amide bonds. The monoisotopic (exact) mass is 403 g/mol. The van der Waals surface area contributed by atoms with Crippen LogP contribution in [0.4, 0.5) is 0 Å². The van der Waals surface area contributed by atoms with E-state index in [0.29, 0.717) is 11.1 Å². The molecule has 0 atom stereocenters. The van der Waals surface area contributed by atoms with Crippen LogP contribution in [0.2, 0.25) is 0 Å². The molecule has 154 valence electrons. The second-order valence-electron chi connectivity index (χ2n) is 8.76. The maximum Gasteiger partial charge on any atom is 0.255 e. The van der Waals surface area contributed by atoms with E-state index in [-0.39, 0.29) is 11.8 Å². The van der Waals surface area contributed by atoms with Crippen LogP contribution in [-0.2, 0) is 5.54 Å². The van der Waals surface area contributed by atoms with Crippen LogP contribution in [-0.4, -0.2) is 64.8 Å². The lowest BCUT2D eigenvalue weighted by atomic mass is 9.91. The summed E-state index contributed by atoms with van der Waals surface area (Å²) in [7, 11) is 2.07. The number of carbonyl (C=O) groups is 2. The molecule has 5 rings (SSSR count). The fraction of sp³-hybridized carbons (Fsp3) is 0.348. The lowest BCUT2D eigenvalue weighted by Gasteiger charge is -2.32. The molecular formula is C23H25N5O2. The summed E-state index contributed by atoms with van der Waals surface area (Å²) in [4.78, 5) is 37.0. The van der Waals surface area contributed by atoms with E-state index in [0.717, 1.165) is 53.9 Å². The lowest BCUT2D eigenvalue weighted by molar-refractivity contribution is 0.0663. The van der Waals surface area contributed by atoms with Gasteiger partial charge in [0, 0.05) is 55.1 Å². The number of carbonyl (C=O) groups excluding carboxylic acids is 2. The number of benzene rings is 1. The molecule has 4 heterocycles. The molecule has 1 fully saturated rings. The highest BCUT2D eigenvalue weighted by molar-refractivity contribution is 6.03. The van der Waals surface area contributed by atoms with E-state index in [9.17, 15) is 9.59 Å². The lowest BCUT2D eigenvalue weighted by Crippen LogP contribution is -2.47. The number of piperazine rings is 1. The Morgan fingerprint density at radius 1 is 1.10 bits per heavy atom. The Morgan fingerprint density at radius 3 is 2.63 bits per heavy atom. The maximum absolute atomic E-state index is 13.0. The zero-order valence-electron chi connectivity index (χ0n) is 17.5. The van der Waals surface area contributed by atoms with Gasteiger partial charge in [-0.15, -0.1) is 0 Å². The predicted molar refractivity (Wildman–Crippen MR) is 115 cm³/mol. The molecule has 0 saturated carbocycles. The number of rotatable bonds is 2. The first-order valence-electron chi connectivity index (χ1n) is 10.3. The smallest absolute Gasteiger partial charge is 0.255 e. The predicted octanol–water partition coefficient (Wildman–Crippen LogP) is 2.60. The van der Waals surface area contributed by atoms with Gasteiger partial charge in [0.2, 0.25) is 0 Å². The fourth-order valence-corrected chi connectivity index (χ4v) is 4.40. The molecular weight excluding hydrogens is 378 g/mol. The number of fused-ring (bicyclic) bond motifs is 2. The second kappa shape index (κ2) is 6.67. The van der Waals surface area contributed by atoms with Crippen molar-refractivity contribution >= 4 is 22.8 Å². The van der Waals surface area contributed by atoms with E-state index < -0.39 is 5.54 Å². The molecule has 0 radical (unpaired) electrons. The van der Waals surface area contributed by atoms with Crippen molar-refractivity contribution in [1.29, 1.82) is 0 Å². The number of nitrogens with zero attached hydrogens (tertiary/aromatic N) is 3. The molecule has 2 aliphatic rings. The van der Waals surface area contributed by atoms with Crippen LogP contribution in [0.3, 0.4) is 0 Å². The number of pyridine rings is 1. The third-order valence-electron chi connectivity index (χ3n) is 6.24. The number of H-pyrrole nitrogens is 1. The summed E-state index contributed by atoms with van der Waals surface area (Å²) in [6.07, 6.45) is 3.57. The molecule has 7 heteroatoms. The van der Waals surface area contributed by atoms with Gasteiger partial charge in [-0.2, -0.15) is 0 Å². The Morgan fingerprint density at radius 2 is 1.87 bits per heavy atom. The summed E-state index contributed by atoms with van der Waals surface area (Å²) < 4.78 is 0. The third kappa shape index (κ3) is 2.97. The molecule has 2 aromatic heterocycles. The van der Waals surface area contributed by atoms with Crippen molar-refractivity contribution in [2.24, 2.45) is 0 Å². The van der Waals surface area contributed by atoms with Gasteiger partial charge >= 0.3 is 0 Å². The fourth-order valence-electron chi connectivity index (χ4n) is 4.40. The Hall–Kier alpha value is -3.19. The van der Waals surface area contributed by atoms with E-state index in [2.05, 4.69) is 33.3 Å². The van der Waals surface area contributed by atoms with Crippen LogP contribution in [0.25, 0.3) is 22.2 Å². The summed E-state index contributed by atoms with van der Waals surface area (Å²) in [5.41, 5.74) is 4.61. The minimum absolute atomic E-state index is 0.0227. The van der Waals surface area contributed by atoms with Crippen molar-refractivity contribution in [2.75, 3.05) is 33.2 Å². The molecule has 0 aliphatic carbocycles. The highest BCUT2D eigenvalue weighted by Gasteiger charge is 2.35. The summed E-state index contributed by atoms with van der Waals surface area (Å²) in [5, 5.41) is 3.93. The number of aromatic nitrogens is 2. The van der Waals surface area contributed by atoms with Gasteiger partial charge in [-0.3, -0.25) is 9.59 Å². The van der Waals surface area contributed by atoms with E-state index in [4.69, 9.17) is 0 Å². The Labute approximate surface area is 175 Å². The van der Waals surface area contributed by atoms with Crippen molar-refractivity contribution in [2.45, 2.75) is 19.4 Å². The van der Waals surface area contributed by atoms with Gasteiger partial charge in [-0.25, -0.2) is 4.98 Å². The van der Waals surface area contributed by atoms with E-state index >= 15 is 0 Å². The van der Waals surface area contributed by atoms with Gasteiger partial charge in [-0.05, 0) is 50.2 Å². The minimum atomic E-state index is -0.407. The van der Waals surface area contributed by atoms with E-state index in [1.54, 1.807) is 6.20 Å². The van der Waals surface area contributed by atoms with E-state index in [1.807, 2.05) is 43.1 Å². The average molecular weight is 403 g/mol. The number of likely N-dealkylation sites (N-methyl/N-ethyl adjacent to an activating group) is 1. The standard InChI is InChI=1S/C23H25N5O2/c1-23(2)19-11-14(4-5-16(19)21(29)26-23)18-13-25-20-17(18)10-15(12-24-20)22(30)28-8-6-27(3)7-9-28/h4-5,10-13H,6-9H2,1-3H3,(H,24,25)(H,26,29). The topological polar surface area (TPSA) is 81.3 Å². The van der Waals surface area contributed by atoms with Gasteiger partial charge in [-0.1, -0.05) is 6.07 Å². The first-order valence-corrected chi connectivity index (χ1v) is 10.3. The molecule has 30 heavy (non-hydrogen) atoms. The van der Waals surface area contributed by atoms with Crippen molar-refractivity contribution in [3.05, 3.63) is 53.3 Å². The number of hydrogen-bond acceptors (Lipinski definition) is 4. The Balaban J connectivity index is 1.53. The largest absolute Gasteiger partial charge is 0.346 e. The van der Waals surface area contributed by atoms with Crippen LogP contribution in [0, 0.1) is 0 Å². The van der Waals surface area contributed by atoms with Gasteiger partial charge < -0.3 is 20.1 Å². The first kappa shape index (κ1) is 18.8. The molecule has 3 aromatic rings.